The third-order valence-corrected chi connectivity index (χ3v) is 8.75. The van der Waals surface area contributed by atoms with Gasteiger partial charge in [0.1, 0.15) is 11.3 Å². The number of benzene rings is 2. The van der Waals surface area contributed by atoms with Gasteiger partial charge in [-0.15, -0.1) is 0 Å². The van der Waals surface area contributed by atoms with Crippen LogP contribution in [0.25, 0.3) is 0 Å². The number of anilines is 1. The Morgan fingerprint density at radius 3 is 2.31 bits per heavy atom. The normalized spacial score (nSPS) is 15.0. The molecule has 3 amide bonds. The van der Waals surface area contributed by atoms with Crippen molar-refractivity contribution in [1.82, 2.24) is 14.8 Å². The van der Waals surface area contributed by atoms with Crippen molar-refractivity contribution in [2.45, 2.75) is 41.1 Å². The van der Waals surface area contributed by atoms with Gasteiger partial charge in [-0.25, -0.2) is 4.79 Å². The predicted molar refractivity (Wildman–Crippen MR) is 147 cm³/mol. The van der Waals surface area contributed by atoms with Gasteiger partial charge in [-0.2, -0.15) is 8.78 Å². The number of fused-ring (bicyclic) bond motifs is 1. The van der Waals surface area contributed by atoms with E-state index in [2.05, 4.69) is 5.32 Å². The van der Waals surface area contributed by atoms with Crippen LogP contribution in [0.4, 0.5) is 19.3 Å². The van der Waals surface area contributed by atoms with Gasteiger partial charge in [0.15, 0.2) is 0 Å². The summed E-state index contributed by atoms with van der Waals surface area (Å²) in [6, 6.07) is 10.9. The smallest absolute Gasteiger partial charge is 0.330 e. The Morgan fingerprint density at radius 2 is 1.64 bits per heavy atom. The average Bonchev–Trinajstić information content (AvgIpc) is 3.55. The molecule has 7 nitrogen and oxygen atoms in total. The van der Waals surface area contributed by atoms with Crippen molar-refractivity contribution in [1.29, 1.82) is 0 Å². The molecule has 3 heterocycles. The van der Waals surface area contributed by atoms with Gasteiger partial charge >= 0.3 is 11.4 Å². The minimum Gasteiger partial charge on any atom is -0.330 e. The Hall–Kier alpha value is -2.79. The predicted octanol–water partition coefficient (Wildman–Crippen LogP) is 6.90. The number of likely N-dealkylation sites (tertiary alicyclic amines) is 1. The number of urea groups is 1. The number of pyridine rings is 1. The van der Waals surface area contributed by atoms with E-state index in [4.69, 9.17) is 34.8 Å². The number of carbonyl (C=O) groups is 2. The maximum atomic E-state index is 14.0. The molecule has 0 saturated carbocycles. The Morgan fingerprint density at radius 1 is 0.974 bits per heavy atom. The van der Waals surface area contributed by atoms with Crippen molar-refractivity contribution in [3.8, 4) is 0 Å². The molecule has 1 fully saturated rings. The van der Waals surface area contributed by atoms with Gasteiger partial charge in [-0.05, 0) is 65.9 Å². The van der Waals surface area contributed by atoms with E-state index < -0.39 is 22.5 Å². The van der Waals surface area contributed by atoms with Crippen LogP contribution in [0.5, 0.6) is 0 Å². The first-order valence-electron chi connectivity index (χ1n) is 11.9. The number of aromatic nitrogens is 1. The Balaban J connectivity index is 1.43. The van der Waals surface area contributed by atoms with Crippen LogP contribution in [0.1, 0.15) is 40.0 Å². The van der Waals surface area contributed by atoms with Crippen LogP contribution in [-0.2, 0) is 18.5 Å². The summed E-state index contributed by atoms with van der Waals surface area (Å²) in [5.41, 5.74) is 0.0158. The van der Waals surface area contributed by atoms with Crippen LogP contribution >= 0.6 is 46.6 Å². The van der Waals surface area contributed by atoms with Crippen molar-refractivity contribution >= 4 is 64.2 Å². The first-order valence-corrected chi connectivity index (χ1v) is 13.9. The number of hydrogen-bond acceptors (Lipinski definition) is 4. The zero-order chi connectivity index (χ0) is 27.9. The molecule has 2 aliphatic rings. The molecule has 0 atom stereocenters. The molecule has 5 rings (SSSR count). The molecular formula is C26H21Cl3F2N4O3S. The zero-order valence-electron chi connectivity index (χ0n) is 20.2. The van der Waals surface area contributed by atoms with Crippen LogP contribution in [-0.4, -0.2) is 39.8 Å². The number of aromatic amines is 1. The summed E-state index contributed by atoms with van der Waals surface area (Å²) >= 11 is 18.6. The SMILES string of the molecule is O=C(Nc1ccc2c(c1)CN(C(=O)c1c(Sc3c(Cl)cccc3Cl)cc(C(F)(F)Cl)[nH]c1=O)C2)N1CCCC1. The highest BCUT2D eigenvalue weighted by Gasteiger charge is 2.34. The Bertz CT molecular complexity index is 1500. The summed E-state index contributed by atoms with van der Waals surface area (Å²) in [4.78, 5) is 44.6. The molecule has 0 spiro atoms. The first kappa shape index (κ1) is 27.8. The second-order valence-electron chi connectivity index (χ2n) is 9.17. The van der Waals surface area contributed by atoms with Gasteiger partial charge in [0.25, 0.3) is 11.5 Å². The minimum atomic E-state index is -3.87. The van der Waals surface area contributed by atoms with E-state index in [9.17, 15) is 23.2 Å². The molecule has 0 unspecified atom stereocenters. The molecule has 2 aliphatic heterocycles. The maximum absolute atomic E-state index is 14.0. The van der Waals surface area contributed by atoms with Crippen LogP contribution in [0.15, 0.2) is 57.1 Å². The fourth-order valence-electron chi connectivity index (χ4n) is 4.56. The molecule has 0 aliphatic carbocycles. The first-order chi connectivity index (χ1) is 18.5. The molecule has 2 N–H and O–H groups in total. The Kier molecular flexibility index (Phi) is 7.83. The van der Waals surface area contributed by atoms with Gasteiger partial charge in [0, 0.05) is 41.7 Å². The summed E-state index contributed by atoms with van der Waals surface area (Å²) < 4.78 is 27.9. The van der Waals surface area contributed by atoms with E-state index in [-0.39, 0.29) is 39.6 Å². The third kappa shape index (κ3) is 5.89. The highest BCUT2D eigenvalue weighted by atomic mass is 35.5. The monoisotopic (exact) mass is 612 g/mol. The van der Waals surface area contributed by atoms with E-state index in [0.29, 0.717) is 23.7 Å². The molecule has 1 aromatic heterocycles. The summed E-state index contributed by atoms with van der Waals surface area (Å²) in [5, 5.41) is -0.543. The van der Waals surface area contributed by atoms with Crippen molar-refractivity contribution in [2.75, 3.05) is 18.4 Å². The highest BCUT2D eigenvalue weighted by molar-refractivity contribution is 7.99. The number of H-pyrrole nitrogens is 1. The number of amides is 3. The second-order valence-corrected chi connectivity index (χ2v) is 11.5. The summed E-state index contributed by atoms with van der Waals surface area (Å²) in [6.45, 7) is 1.77. The Labute approximate surface area is 241 Å². The summed E-state index contributed by atoms with van der Waals surface area (Å²) in [5.74, 6) is -0.662. The van der Waals surface area contributed by atoms with Gasteiger partial charge in [-0.1, -0.05) is 47.1 Å². The summed E-state index contributed by atoms with van der Waals surface area (Å²) in [7, 11) is 0. The maximum Gasteiger partial charge on any atom is 0.362 e. The fraction of sp³-hybridized carbons (Fsp3) is 0.269. The molecule has 13 heteroatoms. The fourth-order valence-corrected chi connectivity index (χ4v) is 6.30. The largest absolute Gasteiger partial charge is 0.362 e. The minimum absolute atomic E-state index is 0.0661. The summed E-state index contributed by atoms with van der Waals surface area (Å²) in [6.07, 6.45) is 1.95. The zero-order valence-corrected chi connectivity index (χ0v) is 23.3. The molecular weight excluding hydrogens is 593 g/mol. The number of nitrogens with zero attached hydrogens (tertiary/aromatic N) is 2. The lowest BCUT2D eigenvalue weighted by Gasteiger charge is -2.19. The topological polar surface area (TPSA) is 85.5 Å². The van der Waals surface area contributed by atoms with Gasteiger partial charge in [-0.3, -0.25) is 9.59 Å². The number of hydrogen-bond donors (Lipinski definition) is 2. The average molecular weight is 614 g/mol. The lowest BCUT2D eigenvalue weighted by atomic mass is 10.1. The quantitative estimate of drug-likeness (QED) is 0.307. The standard InChI is InChI=1S/C26H21Cl3F2N4O3S/c27-17-4-3-5-18(28)22(17)39-19-11-20(26(29,30)31)33-23(36)21(19)24(37)35-12-14-6-7-16(10-15(14)13-35)32-25(38)34-8-1-2-9-34/h3-7,10-11H,1-2,8-9,12-13H2,(H,32,38)(H,33,36). The second kappa shape index (κ2) is 11.0. The number of carbonyl (C=O) groups excluding carboxylic acids is 2. The lowest BCUT2D eigenvalue weighted by molar-refractivity contribution is 0.0740. The molecule has 2 aromatic carbocycles. The molecule has 39 heavy (non-hydrogen) atoms. The van der Waals surface area contributed by atoms with Crippen molar-refractivity contribution < 1.29 is 18.4 Å². The number of alkyl halides is 3. The lowest BCUT2D eigenvalue weighted by Crippen LogP contribution is -2.32. The molecule has 0 radical (unpaired) electrons. The van der Waals surface area contributed by atoms with Crippen LogP contribution < -0.4 is 10.9 Å². The molecule has 1 saturated heterocycles. The number of rotatable bonds is 5. The van der Waals surface area contributed by atoms with Crippen LogP contribution in [0.2, 0.25) is 10.0 Å². The molecule has 204 valence electrons. The van der Waals surface area contributed by atoms with Crippen LogP contribution in [0.3, 0.4) is 0 Å². The highest BCUT2D eigenvalue weighted by Crippen LogP contribution is 2.41. The van der Waals surface area contributed by atoms with Crippen molar-refractivity contribution in [3.63, 3.8) is 0 Å². The van der Waals surface area contributed by atoms with Crippen molar-refractivity contribution in [2.24, 2.45) is 0 Å². The molecule has 3 aromatic rings. The van der Waals surface area contributed by atoms with Gasteiger partial charge < -0.3 is 20.1 Å². The van der Waals surface area contributed by atoms with E-state index in [0.717, 1.165) is 41.8 Å². The van der Waals surface area contributed by atoms with E-state index >= 15 is 0 Å². The van der Waals surface area contributed by atoms with Gasteiger partial charge in [0.05, 0.1) is 10.0 Å². The van der Waals surface area contributed by atoms with Gasteiger partial charge in [0.2, 0.25) is 0 Å². The van der Waals surface area contributed by atoms with E-state index in [1.807, 2.05) is 11.1 Å². The number of halogens is 5. The molecule has 0 bridgehead atoms. The van der Waals surface area contributed by atoms with E-state index in [1.165, 1.54) is 4.90 Å². The van der Waals surface area contributed by atoms with Crippen molar-refractivity contribution in [3.05, 3.63) is 85.2 Å². The number of nitrogens with one attached hydrogen (secondary N) is 2. The van der Waals surface area contributed by atoms with E-state index in [1.54, 1.807) is 35.2 Å². The third-order valence-electron chi connectivity index (χ3n) is 6.51. The van der Waals surface area contributed by atoms with Crippen LogP contribution in [0, 0.1) is 0 Å².